The average Bonchev–Trinajstić information content (AvgIpc) is 3.23. The molecule has 0 amide bonds. The van der Waals surface area contributed by atoms with Gasteiger partial charge in [-0.15, -0.1) is 0 Å². The van der Waals surface area contributed by atoms with Crippen molar-refractivity contribution in [2.75, 3.05) is 19.8 Å². The summed E-state index contributed by atoms with van der Waals surface area (Å²) in [5.41, 5.74) is 4.56. The molecule has 3 heteroatoms. The van der Waals surface area contributed by atoms with Crippen LogP contribution in [0.1, 0.15) is 61.1 Å². The Morgan fingerprint density at radius 1 is 0.469 bits per heavy atom. The zero-order valence-corrected chi connectivity index (χ0v) is 19.3. The first-order valence-electron chi connectivity index (χ1n) is 11.8. The summed E-state index contributed by atoms with van der Waals surface area (Å²) < 4.78 is 20.9. The van der Waals surface area contributed by atoms with Gasteiger partial charge < -0.3 is 14.2 Å². The van der Waals surface area contributed by atoms with Crippen LogP contribution in [-0.4, -0.2) is 19.8 Å². The first-order valence-corrected chi connectivity index (χ1v) is 11.8. The van der Waals surface area contributed by atoms with Crippen molar-refractivity contribution in [2.24, 2.45) is 5.41 Å². The molecule has 0 bridgehead atoms. The third kappa shape index (κ3) is 1.74. The standard InChI is InChI=1S/C29H30O3/c1-5-30-27-20-14-8-10-16-22(20)28(31-6-2)24-18-12-13-19-25(24)29(32-7-3,26(27,28)4)23-17-11-9-15-21(23)27/h8-19H,5-7H2,1-4H3. The molecular weight excluding hydrogens is 396 g/mol. The highest BCUT2D eigenvalue weighted by atomic mass is 16.5. The van der Waals surface area contributed by atoms with E-state index in [1.807, 2.05) is 0 Å². The zero-order chi connectivity index (χ0) is 22.2. The summed E-state index contributed by atoms with van der Waals surface area (Å²) >= 11 is 0. The van der Waals surface area contributed by atoms with Crippen molar-refractivity contribution in [1.29, 1.82) is 0 Å². The lowest BCUT2D eigenvalue weighted by atomic mass is 9.63. The van der Waals surface area contributed by atoms with Crippen LogP contribution < -0.4 is 0 Å². The highest BCUT2D eigenvalue weighted by Crippen LogP contribution is 2.83. The molecule has 164 valence electrons. The van der Waals surface area contributed by atoms with E-state index in [1.165, 1.54) is 33.4 Å². The summed E-state index contributed by atoms with van der Waals surface area (Å²) in [5.74, 6) is 0. The molecule has 0 heterocycles. The molecular formula is C29H30O3. The average molecular weight is 427 g/mol. The van der Waals surface area contributed by atoms with E-state index in [1.54, 1.807) is 0 Å². The van der Waals surface area contributed by atoms with Crippen molar-refractivity contribution in [3.8, 4) is 0 Å². The van der Waals surface area contributed by atoms with Crippen molar-refractivity contribution >= 4 is 0 Å². The van der Waals surface area contributed by atoms with Gasteiger partial charge in [-0.2, -0.15) is 0 Å². The minimum absolute atomic E-state index is 0.563. The number of ether oxygens (including phenoxy) is 3. The van der Waals surface area contributed by atoms with Crippen LogP contribution in [0.5, 0.6) is 0 Å². The van der Waals surface area contributed by atoms with Gasteiger partial charge in [-0.25, -0.2) is 0 Å². The Bertz CT molecular complexity index is 992. The molecule has 3 aromatic rings. The van der Waals surface area contributed by atoms with Gasteiger partial charge in [0.25, 0.3) is 0 Å². The van der Waals surface area contributed by atoms with E-state index in [2.05, 4.69) is 100 Å². The lowest BCUT2D eigenvalue weighted by Crippen LogP contribution is -2.57. The fraction of sp³-hybridized carbons (Fsp3) is 0.379. The second-order valence-corrected chi connectivity index (χ2v) is 9.10. The van der Waals surface area contributed by atoms with Crippen molar-refractivity contribution in [3.05, 3.63) is 106 Å². The summed E-state index contributed by atoms with van der Waals surface area (Å²) in [6.07, 6.45) is 0. The topological polar surface area (TPSA) is 27.7 Å². The van der Waals surface area contributed by atoms with Crippen LogP contribution in [0.2, 0.25) is 0 Å². The molecule has 32 heavy (non-hydrogen) atoms. The molecule has 3 aliphatic rings. The van der Waals surface area contributed by atoms with Gasteiger partial charge in [0, 0.05) is 19.8 Å². The molecule has 0 aromatic heterocycles. The molecule has 0 fully saturated rings. The van der Waals surface area contributed by atoms with Gasteiger partial charge in [0.1, 0.15) is 16.8 Å². The summed E-state index contributed by atoms with van der Waals surface area (Å²) in [6, 6.07) is 26.1. The van der Waals surface area contributed by atoms with Crippen LogP contribution in [0.4, 0.5) is 0 Å². The van der Waals surface area contributed by atoms with Crippen molar-refractivity contribution in [1.82, 2.24) is 0 Å². The molecule has 0 spiro atoms. The highest BCUT2D eigenvalue weighted by Gasteiger charge is 2.86. The maximum absolute atomic E-state index is 6.97. The van der Waals surface area contributed by atoms with Crippen LogP contribution in [0, 0.1) is 5.41 Å². The first kappa shape index (κ1) is 20.2. The Balaban J connectivity index is 1.90. The van der Waals surface area contributed by atoms with Gasteiger partial charge in [0.2, 0.25) is 0 Å². The van der Waals surface area contributed by atoms with E-state index >= 15 is 0 Å². The fourth-order valence-corrected chi connectivity index (χ4v) is 7.64. The van der Waals surface area contributed by atoms with Gasteiger partial charge >= 0.3 is 0 Å². The molecule has 0 aliphatic heterocycles. The number of rotatable bonds is 6. The van der Waals surface area contributed by atoms with E-state index in [0.29, 0.717) is 19.8 Å². The molecule has 0 atom stereocenters. The van der Waals surface area contributed by atoms with Crippen LogP contribution in [0.3, 0.4) is 0 Å². The van der Waals surface area contributed by atoms with Gasteiger partial charge in [-0.05, 0) is 61.1 Å². The minimum Gasteiger partial charge on any atom is -0.365 e. The summed E-state index contributed by atoms with van der Waals surface area (Å²) in [6.45, 7) is 10.4. The molecule has 0 saturated carbocycles. The van der Waals surface area contributed by atoms with Crippen LogP contribution in [0.15, 0.2) is 72.8 Å². The van der Waals surface area contributed by atoms with Crippen LogP contribution in [0.25, 0.3) is 0 Å². The predicted octanol–water partition coefficient (Wildman–Crippen LogP) is 5.87. The quantitative estimate of drug-likeness (QED) is 0.493. The normalized spacial score (nSPS) is 33.0. The monoisotopic (exact) mass is 426 g/mol. The second kappa shape index (κ2) is 6.54. The molecule has 0 saturated heterocycles. The van der Waals surface area contributed by atoms with E-state index in [0.717, 1.165) is 0 Å². The van der Waals surface area contributed by atoms with Crippen LogP contribution in [-0.2, 0) is 31.0 Å². The largest absolute Gasteiger partial charge is 0.365 e. The highest BCUT2D eigenvalue weighted by molar-refractivity contribution is 5.74. The third-order valence-electron chi connectivity index (χ3n) is 8.25. The zero-order valence-electron chi connectivity index (χ0n) is 19.3. The van der Waals surface area contributed by atoms with Crippen molar-refractivity contribution < 1.29 is 14.2 Å². The summed E-state index contributed by atoms with van der Waals surface area (Å²) in [4.78, 5) is 0. The van der Waals surface area contributed by atoms with Gasteiger partial charge in [0.15, 0.2) is 0 Å². The van der Waals surface area contributed by atoms with Gasteiger partial charge in [-0.3, -0.25) is 0 Å². The van der Waals surface area contributed by atoms with E-state index in [4.69, 9.17) is 14.2 Å². The van der Waals surface area contributed by atoms with E-state index in [-0.39, 0.29) is 0 Å². The molecule has 6 rings (SSSR count). The molecule has 3 aromatic carbocycles. The Morgan fingerprint density at radius 3 is 0.875 bits per heavy atom. The number of hydrogen-bond acceptors (Lipinski definition) is 3. The molecule has 0 radical (unpaired) electrons. The van der Waals surface area contributed by atoms with Crippen molar-refractivity contribution in [3.63, 3.8) is 0 Å². The fourth-order valence-electron chi connectivity index (χ4n) is 7.64. The number of hydrogen-bond donors (Lipinski definition) is 0. The van der Waals surface area contributed by atoms with E-state index < -0.39 is 22.2 Å². The molecule has 0 N–H and O–H groups in total. The Labute approximate surface area is 190 Å². The number of benzene rings is 3. The van der Waals surface area contributed by atoms with E-state index in [9.17, 15) is 0 Å². The SMILES string of the molecule is CCOC12c3ccccc3C3(OCC)c4ccccc4C(OCC)(c4ccccc41)C23C. The minimum atomic E-state index is -0.682. The predicted molar refractivity (Wildman–Crippen MR) is 125 cm³/mol. The van der Waals surface area contributed by atoms with Crippen LogP contribution >= 0.6 is 0 Å². The Kier molecular flexibility index (Phi) is 4.12. The smallest absolute Gasteiger partial charge is 0.131 e. The molecule has 3 aliphatic carbocycles. The molecule has 0 unspecified atom stereocenters. The number of fused-ring (bicyclic) bond motifs is 9. The Morgan fingerprint density at radius 2 is 0.688 bits per heavy atom. The lowest BCUT2D eigenvalue weighted by molar-refractivity contribution is -0.238. The molecule has 3 nitrogen and oxygen atoms in total. The summed E-state index contributed by atoms with van der Waals surface area (Å²) in [5, 5.41) is 0. The van der Waals surface area contributed by atoms with Gasteiger partial charge in [-0.1, -0.05) is 72.8 Å². The maximum Gasteiger partial charge on any atom is 0.131 e. The van der Waals surface area contributed by atoms with Crippen molar-refractivity contribution in [2.45, 2.75) is 44.5 Å². The summed E-state index contributed by atoms with van der Waals surface area (Å²) in [7, 11) is 0. The third-order valence-corrected chi connectivity index (χ3v) is 8.25. The Hall–Kier alpha value is -2.46. The lowest BCUT2D eigenvalue weighted by Gasteiger charge is -2.50. The first-order chi connectivity index (χ1) is 15.6. The maximum atomic E-state index is 6.97. The second-order valence-electron chi connectivity index (χ2n) is 9.10. The van der Waals surface area contributed by atoms with Gasteiger partial charge in [0.05, 0.1) is 5.41 Å².